The first-order valence-corrected chi connectivity index (χ1v) is 10.5. The summed E-state index contributed by atoms with van der Waals surface area (Å²) in [6, 6.07) is 4.92. The van der Waals surface area contributed by atoms with E-state index in [-0.39, 0.29) is 54.3 Å². The number of nitrogens with zero attached hydrogens (tertiary/aromatic N) is 2. The maximum absolute atomic E-state index is 14.4. The molecule has 3 fully saturated rings. The summed E-state index contributed by atoms with van der Waals surface area (Å²) in [6.45, 7) is 3.89. The Morgan fingerprint density at radius 1 is 1.03 bits per heavy atom. The van der Waals surface area contributed by atoms with Crippen molar-refractivity contribution in [3.63, 3.8) is 0 Å². The van der Waals surface area contributed by atoms with Gasteiger partial charge in [0.2, 0.25) is 5.91 Å². The third kappa shape index (κ3) is 4.92. The molecule has 8 heteroatoms. The number of piperazine rings is 1. The lowest BCUT2D eigenvalue weighted by Crippen LogP contribution is -2.53. The van der Waals surface area contributed by atoms with Crippen molar-refractivity contribution in [3.8, 4) is 0 Å². The topological polar surface area (TPSA) is 66.6 Å². The van der Waals surface area contributed by atoms with Gasteiger partial charge in [-0.05, 0) is 62.6 Å². The quantitative estimate of drug-likeness (QED) is 0.700. The number of carbonyl (C=O) groups is 2. The lowest BCUT2D eigenvalue weighted by molar-refractivity contribution is -0.138. The van der Waals surface area contributed by atoms with Gasteiger partial charge >= 0.3 is 0 Å². The average molecular weight is 460 g/mol. The lowest BCUT2D eigenvalue weighted by atomic mass is 9.65. The van der Waals surface area contributed by atoms with Crippen LogP contribution < -0.4 is 10.6 Å². The molecule has 2 N–H and O–H groups in total. The monoisotopic (exact) mass is 459 g/mol. The molecule has 1 aliphatic heterocycles. The minimum atomic E-state index is -0.374. The van der Waals surface area contributed by atoms with Gasteiger partial charge in [0.05, 0.1) is 5.69 Å². The van der Waals surface area contributed by atoms with Gasteiger partial charge in [-0.1, -0.05) is 6.42 Å². The first-order chi connectivity index (χ1) is 13.4. The highest BCUT2D eigenvalue weighted by Gasteiger charge is 2.42. The number of amides is 1. The third-order valence-electron chi connectivity index (χ3n) is 7.05. The minimum absolute atomic E-state index is 0. The third-order valence-corrected chi connectivity index (χ3v) is 7.05. The molecular weight excluding hydrogens is 428 g/mol. The van der Waals surface area contributed by atoms with Crippen LogP contribution >= 0.6 is 24.8 Å². The van der Waals surface area contributed by atoms with Crippen LogP contribution in [0.3, 0.4) is 0 Å². The fraction of sp³-hybridized carbons (Fsp3) is 0.636. The molecular formula is C22H32Cl2FN3O2. The first kappa shape index (κ1) is 24.9. The van der Waals surface area contributed by atoms with E-state index in [4.69, 9.17) is 5.73 Å². The lowest BCUT2D eigenvalue weighted by Gasteiger charge is -2.45. The Bertz CT molecular complexity index is 757. The normalized spacial score (nSPS) is 28.2. The van der Waals surface area contributed by atoms with Crippen molar-refractivity contribution in [1.82, 2.24) is 4.90 Å². The van der Waals surface area contributed by atoms with Gasteiger partial charge in [-0.15, -0.1) is 24.8 Å². The summed E-state index contributed by atoms with van der Waals surface area (Å²) in [5.74, 6) is 0.844. The molecule has 1 aromatic carbocycles. The molecule has 168 valence electrons. The van der Waals surface area contributed by atoms with Crippen molar-refractivity contribution in [2.75, 3.05) is 31.1 Å². The van der Waals surface area contributed by atoms with Crippen molar-refractivity contribution in [2.24, 2.45) is 23.5 Å². The number of halogens is 3. The number of hydrogen-bond acceptors (Lipinski definition) is 4. The van der Waals surface area contributed by atoms with Gasteiger partial charge in [0.25, 0.3) is 0 Å². The van der Waals surface area contributed by atoms with Crippen molar-refractivity contribution in [3.05, 3.63) is 29.6 Å². The fourth-order valence-corrected chi connectivity index (χ4v) is 5.40. The number of fused-ring (bicyclic) bond motifs is 2. The van der Waals surface area contributed by atoms with Gasteiger partial charge in [-0.25, -0.2) is 4.39 Å². The Balaban J connectivity index is 0.00000160. The molecule has 0 radical (unpaired) electrons. The van der Waals surface area contributed by atoms with Gasteiger partial charge < -0.3 is 15.5 Å². The number of benzene rings is 1. The van der Waals surface area contributed by atoms with Gasteiger partial charge in [0.1, 0.15) is 5.82 Å². The fourth-order valence-electron chi connectivity index (χ4n) is 5.40. The first-order valence-electron chi connectivity index (χ1n) is 10.5. The van der Waals surface area contributed by atoms with E-state index in [0.29, 0.717) is 49.3 Å². The van der Waals surface area contributed by atoms with E-state index < -0.39 is 0 Å². The van der Waals surface area contributed by atoms with E-state index in [0.717, 1.165) is 25.7 Å². The minimum Gasteiger partial charge on any atom is -0.366 e. The second-order valence-electron chi connectivity index (χ2n) is 8.73. The molecule has 0 aromatic heterocycles. The maximum atomic E-state index is 14.4. The van der Waals surface area contributed by atoms with Crippen molar-refractivity contribution in [2.45, 2.75) is 45.1 Å². The van der Waals surface area contributed by atoms with E-state index in [9.17, 15) is 14.0 Å². The Morgan fingerprint density at radius 3 is 2.17 bits per heavy atom. The summed E-state index contributed by atoms with van der Waals surface area (Å²) in [6.07, 6.45) is 5.42. The molecule has 1 heterocycles. The standard InChI is InChI=1S/C22H30FN3O2.2ClH/c1-14(27)15-5-6-20(19(23)13-15)25-7-9-26(10-8-25)22(28)18-11-16-3-2-4-17(12-18)21(16)24;;/h5-6,13,16-18,21H,2-4,7-12,24H2,1H3;2*1H. The van der Waals surface area contributed by atoms with Gasteiger partial charge in [0.15, 0.2) is 5.78 Å². The van der Waals surface area contributed by atoms with E-state index in [2.05, 4.69) is 0 Å². The van der Waals surface area contributed by atoms with Crippen molar-refractivity contribution < 1.29 is 14.0 Å². The molecule has 2 bridgehead atoms. The van der Waals surface area contributed by atoms with Crippen LogP contribution in [0.2, 0.25) is 0 Å². The zero-order valence-electron chi connectivity index (χ0n) is 17.4. The predicted octanol–water partition coefficient (Wildman–Crippen LogP) is 3.67. The van der Waals surface area contributed by atoms with Crippen molar-refractivity contribution in [1.29, 1.82) is 0 Å². The van der Waals surface area contributed by atoms with Crippen LogP contribution in [-0.4, -0.2) is 48.8 Å². The molecule has 0 spiro atoms. The summed E-state index contributed by atoms with van der Waals surface area (Å²) < 4.78 is 14.4. The second kappa shape index (κ2) is 10.3. The molecule has 1 saturated heterocycles. The molecule has 2 atom stereocenters. The summed E-state index contributed by atoms with van der Waals surface area (Å²) in [7, 11) is 0. The van der Waals surface area contributed by atoms with Gasteiger partial charge in [-0.3, -0.25) is 9.59 Å². The number of ketones is 1. The number of rotatable bonds is 3. The number of hydrogen-bond donors (Lipinski definition) is 1. The van der Waals surface area contributed by atoms with Crippen LogP contribution in [0.4, 0.5) is 10.1 Å². The smallest absolute Gasteiger partial charge is 0.225 e. The largest absolute Gasteiger partial charge is 0.366 e. The molecule has 1 amide bonds. The molecule has 3 aliphatic rings. The molecule has 30 heavy (non-hydrogen) atoms. The summed E-state index contributed by atoms with van der Waals surface area (Å²) in [5.41, 5.74) is 7.26. The van der Waals surface area contributed by atoms with Crippen LogP contribution in [-0.2, 0) is 4.79 Å². The SMILES string of the molecule is CC(=O)c1ccc(N2CCN(C(=O)C3CC4CCCC(C3)C4N)CC2)c(F)c1.Cl.Cl. The zero-order valence-corrected chi connectivity index (χ0v) is 19.0. The maximum Gasteiger partial charge on any atom is 0.225 e. The molecule has 2 unspecified atom stereocenters. The summed E-state index contributed by atoms with van der Waals surface area (Å²) in [4.78, 5) is 28.4. The zero-order chi connectivity index (χ0) is 19.8. The second-order valence-corrected chi connectivity index (χ2v) is 8.73. The molecule has 4 rings (SSSR count). The summed E-state index contributed by atoms with van der Waals surface area (Å²) in [5, 5.41) is 0. The van der Waals surface area contributed by atoms with E-state index in [1.54, 1.807) is 12.1 Å². The molecule has 1 aromatic rings. The highest BCUT2D eigenvalue weighted by atomic mass is 35.5. The predicted molar refractivity (Wildman–Crippen MR) is 121 cm³/mol. The Morgan fingerprint density at radius 2 is 1.63 bits per heavy atom. The molecule has 2 aliphatic carbocycles. The number of carbonyl (C=O) groups excluding carboxylic acids is 2. The highest BCUT2D eigenvalue weighted by molar-refractivity contribution is 5.94. The van der Waals surface area contributed by atoms with Crippen molar-refractivity contribution >= 4 is 42.2 Å². The highest BCUT2D eigenvalue weighted by Crippen LogP contribution is 2.42. The Hall–Kier alpha value is -1.37. The average Bonchev–Trinajstić information content (AvgIpc) is 2.67. The molecule has 2 saturated carbocycles. The Kier molecular flexibility index (Phi) is 8.54. The van der Waals surface area contributed by atoms with Crippen LogP contribution in [0.25, 0.3) is 0 Å². The van der Waals surface area contributed by atoms with E-state index in [1.807, 2.05) is 9.80 Å². The van der Waals surface area contributed by atoms with Gasteiger partial charge in [0, 0.05) is 43.7 Å². The van der Waals surface area contributed by atoms with Crippen LogP contribution in [0.15, 0.2) is 18.2 Å². The number of anilines is 1. The number of Topliss-reactive ketones (excluding diaryl/α,β-unsaturated/α-hetero) is 1. The summed E-state index contributed by atoms with van der Waals surface area (Å²) >= 11 is 0. The van der Waals surface area contributed by atoms with Crippen LogP contribution in [0, 0.1) is 23.6 Å². The molecule has 5 nitrogen and oxygen atoms in total. The van der Waals surface area contributed by atoms with E-state index >= 15 is 0 Å². The Labute approximate surface area is 190 Å². The van der Waals surface area contributed by atoms with Crippen LogP contribution in [0.5, 0.6) is 0 Å². The van der Waals surface area contributed by atoms with Crippen LogP contribution in [0.1, 0.15) is 49.4 Å². The van der Waals surface area contributed by atoms with E-state index in [1.165, 1.54) is 19.4 Å². The number of nitrogens with two attached hydrogens (primary N) is 1. The van der Waals surface area contributed by atoms with Gasteiger partial charge in [-0.2, -0.15) is 0 Å².